The first-order chi connectivity index (χ1) is 13.8. The average molecular weight is 481 g/mol. The smallest absolute Gasteiger partial charge is 0.241 e. The minimum absolute atomic E-state index is 0.0186. The molecule has 0 saturated carbocycles. The van der Waals surface area contributed by atoms with Gasteiger partial charge in [-0.25, -0.2) is 17.5 Å². The van der Waals surface area contributed by atoms with Crippen molar-refractivity contribution in [2.24, 2.45) is 0 Å². The van der Waals surface area contributed by atoms with Crippen LogP contribution in [0.1, 0.15) is 12.2 Å². The average Bonchev–Trinajstić information content (AvgIpc) is 3.16. The van der Waals surface area contributed by atoms with Crippen LogP contribution in [0.15, 0.2) is 74.4 Å². The van der Waals surface area contributed by atoms with Crippen molar-refractivity contribution < 1.29 is 22.0 Å². The molecule has 6 nitrogen and oxygen atoms in total. The first-order valence-corrected chi connectivity index (χ1v) is 11.0. The number of hydrogen-bond acceptors (Lipinski definition) is 4. The highest BCUT2D eigenvalue weighted by Gasteiger charge is 2.17. The summed E-state index contributed by atoms with van der Waals surface area (Å²) < 4.78 is 46.0. The third-order valence-electron chi connectivity index (χ3n) is 4.02. The lowest BCUT2D eigenvalue weighted by molar-refractivity contribution is -0.121. The SMILES string of the molecule is O=C(CCNS(=O)(=O)c1ccccc1Br)NCc1ccc(-c2ccc(F)cc2)o1. The molecule has 0 spiro atoms. The van der Waals surface area contributed by atoms with Crippen LogP contribution in [0.3, 0.4) is 0 Å². The highest BCUT2D eigenvalue weighted by atomic mass is 79.9. The molecule has 0 unspecified atom stereocenters. The Bertz CT molecular complexity index is 1100. The van der Waals surface area contributed by atoms with Crippen LogP contribution in [-0.2, 0) is 21.4 Å². The molecule has 1 aromatic heterocycles. The number of hydrogen-bond donors (Lipinski definition) is 2. The van der Waals surface area contributed by atoms with Gasteiger partial charge in [-0.3, -0.25) is 4.79 Å². The van der Waals surface area contributed by atoms with Crippen LogP contribution in [0.2, 0.25) is 0 Å². The summed E-state index contributed by atoms with van der Waals surface area (Å²) in [6.07, 6.45) is -0.0186. The fourth-order valence-corrected chi connectivity index (χ4v) is 4.59. The zero-order chi connectivity index (χ0) is 20.9. The van der Waals surface area contributed by atoms with Gasteiger partial charge in [-0.05, 0) is 64.5 Å². The van der Waals surface area contributed by atoms with Crippen LogP contribution in [0.25, 0.3) is 11.3 Å². The minimum atomic E-state index is -3.71. The van der Waals surface area contributed by atoms with E-state index in [1.54, 1.807) is 42.5 Å². The molecule has 1 heterocycles. The van der Waals surface area contributed by atoms with Gasteiger partial charge in [0.15, 0.2) is 0 Å². The van der Waals surface area contributed by atoms with Crippen LogP contribution in [0.4, 0.5) is 4.39 Å². The molecule has 1 amide bonds. The zero-order valence-electron chi connectivity index (χ0n) is 15.2. The van der Waals surface area contributed by atoms with E-state index in [1.165, 1.54) is 18.2 Å². The molecule has 0 aliphatic heterocycles. The van der Waals surface area contributed by atoms with Crippen LogP contribution in [0, 0.1) is 5.82 Å². The Kier molecular flexibility index (Phi) is 6.83. The quantitative estimate of drug-likeness (QED) is 0.512. The van der Waals surface area contributed by atoms with Crippen LogP contribution in [0.5, 0.6) is 0 Å². The number of halogens is 2. The second-order valence-corrected chi connectivity index (χ2v) is 8.72. The van der Waals surface area contributed by atoms with Gasteiger partial charge in [-0.15, -0.1) is 0 Å². The van der Waals surface area contributed by atoms with E-state index in [4.69, 9.17) is 4.42 Å². The summed E-state index contributed by atoms with van der Waals surface area (Å²) in [6, 6.07) is 15.8. The minimum Gasteiger partial charge on any atom is -0.459 e. The lowest BCUT2D eigenvalue weighted by Gasteiger charge is -2.08. The van der Waals surface area contributed by atoms with Crippen LogP contribution < -0.4 is 10.0 Å². The summed E-state index contributed by atoms with van der Waals surface area (Å²) in [6.45, 7) is 0.130. The topological polar surface area (TPSA) is 88.4 Å². The van der Waals surface area contributed by atoms with Crippen LogP contribution >= 0.6 is 15.9 Å². The summed E-state index contributed by atoms with van der Waals surface area (Å²) in [7, 11) is -3.71. The van der Waals surface area contributed by atoms with E-state index >= 15 is 0 Å². The highest BCUT2D eigenvalue weighted by molar-refractivity contribution is 9.10. The summed E-state index contributed by atoms with van der Waals surface area (Å²) in [5, 5.41) is 2.67. The van der Waals surface area contributed by atoms with Gasteiger partial charge in [0.05, 0.1) is 11.4 Å². The Hall–Kier alpha value is -2.49. The molecular weight excluding hydrogens is 463 g/mol. The first-order valence-electron chi connectivity index (χ1n) is 8.71. The van der Waals surface area contributed by atoms with Crippen molar-refractivity contribution in [2.75, 3.05) is 6.54 Å². The van der Waals surface area contributed by atoms with Crippen LogP contribution in [-0.4, -0.2) is 20.9 Å². The van der Waals surface area contributed by atoms with E-state index in [2.05, 4.69) is 26.0 Å². The maximum Gasteiger partial charge on any atom is 0.241 e. The molecule has 9 heteroatoms. The third-order valence-corrected chi connectivity index (χ3v) is 6.49. The number of sulfonamides is 1. The van der Waals surface area contributed by atoms with E-state index in [-0.39, 0.29) is 36.1 Å². The third kappa shape index (κ3) is 5.75. The monoisotopic (exact) mass is 480 g/mol. The second-order valence-electron chi connectivity index (χ2n) is 6.13. The van der Waals surface area contributed by atoms with Crippen molar-refractivity contribution in [1.82, 2.24) is 10.0 Å². The normalized spacial score (nSPS) is 11.4. The van der Waals surface area contributed by atoms with Crippen molar-refractivity contribution >= 4 is 31.9 Å². The van der Waals surface area contributed by atoms with Gasteiger partial charge in [0.25, 0.3) is 0 Å². The summed E-state index contributed by atoms with van der Waals surface area (Å²) in [5.41, 5.74) is 0.727. The standard InChI is InChI=1S/C20H18BrFN2O4S/c21-17-3-1-2-4-19(17)29(26,27)24-12-11-20(25)23-13-16-9-10-18(28-16)14-5-7-15(22)8-6-14/h1-10,24H,11-13H2,(H,23,25). The predicted molar refractivity (Wildman–Crippen MR) is 110 cm³/mol. The summed E-state index contributed by atoms with van der Waals surface area (Å²) in [5.74, 6) is 0.449. The Balaban J connectivity index is 1.47. The van der Waals surface area contributed by atoms with Crippen molar-refractivity contribution in [3.8, 4) is 11.3 Å². The number of carbonyl (C=O) groups is 1. The van der Waals surface area contributed by atoms with Gasteiger partial charge in [0.1, 0.15) is 17.3 Å². The van der Waals surface area contributed by atoms with Gasteiger partial charge in [0.2, 0.25) is 15.9 Å². The molecule has 0 aliphatic carbocycles. The molecule has 0 saturated heterocycles. The molecular formula is C20H18BrFN2O4S. The molecule has 0 radical (unpaired) electrons. The number of nitrogens with one attached hydrogen (secondary N) is 2. The molecule has 29 heavy (non-hydrogen) atoms. The zero-order valence-corrected chi connectivity index (χ0v) is 17.6. The van der Waals surface area contributed by atoms with Gasteiger partial charge in [-0.1, -0.05) is 12.1 Å². The predicted octanol–water partition coefficient (Wildman–Crippen LogP) is 3.83. The van der Waals surface area contributed by atoms with Gasteiger partial charge in [0, 0.05) is 23.0 Å². The van der Waals surface area contributed by atoms with E-state index in [0.717, 1.165) is 5.56 Å². The van der Waals surface area contributed by atoms with Crippen molar-refractivity contribution in [2.45, 2.75) is 17.9 Å². The number of rotatable bonds is 8. The maximum atomic E-state index is 13.0. The second kappa shape index (κ2) is 9.34. The maximum absolute atomic E-state index is 13.0. The summed E-state index contributed by atoms with van der Waals surface area (Å²) >= 11 is 3.20. The van der Waals surface area contributed by atoms with E-state index in [0.29, 0.717) is 16.0 Å². The fourth-order valence-electron chi connectivity index (χ4n) is 2.56. The Labute approximate surface area is 176 Å². The molecule has 3 rings (SSSR count). The molecule has 152 valence electrons. The molecule has 0 atom stereocenters. The Morgan fingerprint density at radius 3 is 2.48 bits per heavy atom. The molecule has 0 aliphatic rings. The van der Waals surface area contributed by atoms with Crippen molar-refractivity contribution in [3.05, 3.63) is 76.7 Å². The highest BCUT2D eigenvalue weighted by Crippen LogP contribution is 2.22. The first kappa shape index (κ1) is 21.2. The molecule has 0 fully saturated rings. The van der Waals surface area contributed by atoms with E-state index in [1.807, 2.05) is 0 Å². The molecule has 2 N–H and O–H groups in total. The molecule has 3 aromatic rings. The number of carbonyl (C=O) groups excluding carboxylic acids is 1. The number of furan rings is 1. The number of benzene rings is 2. The summed E-state index contributed by atoms with van der Waals surface area (Å²) in [4.78, 5) is 12.1. The lowest BCUT2D eigenvalue weighted by Crippen LogP contribution is -2.30. The fraction of sp³-hybridized carbons (Fsp3) is 0.150. The van der Waals surface area contributed by atoms with Crippen molar-refractivity contribution in [3.63, 3.8) is 0 Å². The lowest BCUT2D eigenvalue weighted by atomic mass is 10.2. The molecule has 2 aromatic carbocycles. The molecule has 0 bridgehead atoms. The van der Waals surface area contributed by atoms with Gasteiger partial charge in [-0.2, -0.15) is 0 Å². The van der Waals surface area contributed by atoms with E-state index < -0.39 is 10.0 Å². The van der Waals surface area contributed by atoms with Gasteiger partial charge >= 0.3 is 0 Å². The Morgan fingerprint density at radius 1 is 1.03 bits per heavy atom. The Morgan fingerprint density at radius 2 is 1.76 bits per heavy atom. The number of amides is 1. The van der Waals surface area contributed by atoms with E-state index in [9.17, 15) is 17.6 Å². The van der Waals surface area contributed by atoms with Crippen molar-refractivity contribution in [1.29, 1.82) is 0 Å². The largest absolute Gasteiger partial charge is 0.459 e. The van der Waals surface area contributed by atoms with Gasteiger partial charge < -0.3 is 9.73 Å².